The molecule has 4 heteroatoms. The summed E-state index contributed by atoms with van der Waals surface area (Å²) in [6.07, 6.45) is 3.39. The van der Waals surface area contributed by atoms with E-state index in [9.17, 15) is 4.79 Å². The molecule has 0 bridgehead atoms. The number of rotatable bonds is 4. The summed E-state index contributed by atoms with van der Waals surface area (Å²) in [4.78, 5) is 16.7. The van der Waals surface area contributed by atoms with Crippen LogP contribution >= 0.6 is 0 Å². The van der Waals surface area contributed by atoms with Gasteiger partial charge < -0.3 is 4.74 Å². The Morgan fingerprint density at radius 3 is 2.60 bits per heavy atom. The second kappa shape index (κ2) is 6.61. The molecule has 0 atom stereocenters. The number of benzene rings is 2. The van der Waals surface area contributed by atoms with E-state index < -0.39 is 0 Å². The minimum Gasteiger partial charge on any atom is -0.489 e. The number of nitrogens with zero attached hydrogens (tertiary/aromatic N) is 2. The van der Waals surface area contributed by atoms with Crippen LogP contribution in [0.25, 0.3) is 10.9 Å². The van der Waals surface area contributed by atoms with Crippen LogP contribution in [0.3, 0.4) is 0 Å². The van der Waals surface area contributed by atoms with Crippen molar-refractivity contribution < 1.29 is 9.53 Å². The second-order valence-corrected chi connectivity index (χ2v) is 5.70. The van der Waals surface area contributed by atoms with Crippen molar-refractivity contribution in [2.24, 2.45) is 0 Å². The Bertz CT molecular complexity index is 1010. The molecule has 2 aromatic carbocycles. The molecule has 4 nitrogen and oxygen atoms in total. The summed E-state index contributed by atoms with van der Waals surface area (Å²) >= 11 is 0. The number of pyridine rings is 1. The van der Waals surface area contributed by atoms with Crippen LogP contribution in [0.5, 0.6) is 5.75 Å². The van der Waals surface area contributed by atoms with Crippen LogP contribution in [0.2, 0.25) is 0 Å². The van der Waals surface area contributed by atoms with Crippen molar-refractivity contribution in [1.82, 2.24) is 9.55 Å². The lowest BCUT2D eigenvalue weighted by Gasteiger charge is -2.07. The van der Waals surface area contributed by atoms with Crippen molar-refractivity contribution in [2.45, 2.75) is 6.61 Å². The van der Waals surface area contributed by atoms with E-state index in [-0.39, 0.29) is 5.91 Å². The molecule has 0 amide bonds. The first-order valence-electron chi connectivity index (χ1n) is 8.05. The minimum absolute atomic E-state index is 0.145. The quantitative estimate of drug-likeness (QED) is 0.561. The maximum absolute atomic E-state index is 12.6. The van der Waals surface area contributed by atoms with Crippen LogP contribution in [0.15, 0.2) is 85.2 Å². The number of aromatic nitrogens is 2. The third kappa shape index (κ3) is 3.15. The van der Waals surface area contributed by atoms with E-state index in [0.29, 0.717) is 12.3 Å². The fourth-order valence-electron chi connectivity index (χ4n) is 2.74. The first-order valence-corrected chi connectivity index (χ1v) is 8.05. The zero-order chi connectivity index (χ0) is 17.1. The first kappa shape index (κ1) is 15.1. The summed E-state index contributed by atoms with van der Waals surface area (Å²) in [5.41, 5.74) is 2.37. The topological polar surface area (TPSA) is 44.1 Å². The van der Waals surface area contributed by atoms with Crippen LogP contribution in [0.1, 0.15) is 16.1 Å². The van der Waals surface area contributed by atoms with Gasteiger partial charge in [-0.25, -0.2) is 0 Å². The molecule has 0 N–H and O–H groups in total. The lowest BCUT2D eigenvalue weighted by atomic mass is 10.2. The lowest BCUT2D eigenvalue weighted by Crippen LogP contribution is -2.12. The Morgan fingerprint density at radius 1 is 0.960 bits per heavy atom. The minimum atomic E-state index is -0.145. The Balaban J connectivity index is 1.58. The summed E-state index contributed by atoms with van der Waals surface area (Å²) in [5.74, 6) is 0.632. The van der Waals surface area contributed by atoms with Gasteiger partial charge in [0, 0.05) is 17.8 Å². The molecule has 0 saturated carbocycles. The standard InChI is InChI=1S/C21H16N2O2/c24-21(19-8-4-5-12-22-19)23-13-11-17-14-18(9-10-20(17)23)25-15-16-6-2-1-3-7-16/h1-14H,15H2. The van der Waals surface area contributed by atoms with E-state index in [1.165, 1.54) is 0 Å². The largest absolute Gasteiger partial charge is 0.489 e. The highest BCUT2D eigenvalue weighted by molar-refractivity contribution is 6.01. The molecule has 0 unspecified atom stereocenters. The third-order valence-corrected chi connectivity index (χ3v) is 4.01. The van der Waals surface area contributed by atoms with Crippen molar-refractivity contribution in [3.8, 4) is 5.75 Å². The van der Waals surface area contributed by atoms with E-state index in [1.54, 1.807) is 35.2 Å². The molecule has 0 aliphatic carbocycles. The zero-order valence-electron chi connectivity index (χ0n) is 13.5. The van der Waals surface area contributed by atoms with Gasteiger partial charge in [0.25, 0.3) is 5.91 Å². The van der Waals surface area contributed by atoms with Crippen LogP contribution in [-0.2, 0) is 6.61 Å². The van der Waals surface area contributed by atoms with Crippen LogP contribution in [0.4, 0.5) is 0 Å². The average molecular weight is 328 g/mol. The molecule has 2 heterocycles. The lowest BCUT2D eigenvalue weighted by molar-refractivity contribution is 0.0960. The predicted molar refractivity (Wildman–Crippen MR) is 96.7 cm³/mol. The van der Waals surface area contributed by atoms with Crippen molar-refractivity contribution in [1.29, 1.82) is 0 Å². The molecule has 0 saturated heterocycles. The van der Waals surface area contributed by atoms with Crippen molar-refractivity contribution in [3.63, 3.8) is 0 Å². The maximum atomic E-state index is 12.6. The fourth-order valence-corrected chi connectivity index (χ4v) is 2.74. The highest BCUT2D eigenvalue weighted by Crippen LogP contribution is 2.23. The summed E-state index contributed by atoms with van der Waals surface area (Å²) < 4.78 is 7.46. The number of hydrogen-bond donors (Lipinski definition) is 0. The normalized spacial score (nSPS) is 10.7. The SMILES string of the molecule is O=C(c1ccccn1)n1ccc2cc(OCc3ccccc3)ccc21. The number of carbonyl (C=O) groups excluding carboxylic acids is 1. The Hall–Kier alpha value is -3.40. The van der Waals surface area contributed by atoms with E-state index in [0.717, 1.165) is 22.2 Å². The van der Waals surface area contributed by atoms with Gasteiger partial charge in [-0.15, -0.1) is 0 Å². The van der Waals surface area contributed by atoms with E-state index in [1.807, 2.05) is 54.6 Å². The van der Waals surface area contributed by atoms with E-state index in [4.69, 9.17) is 4.74 Å². The van der Waals surface area contributed by atoms with Gasteiger partial charge in [0.2, 0.25) is 0 Å². The van der Waals surface area contributed by atoms with Gasteiger partial charge in [-0.3, -0.25) is 14.3 Å². The molecule has 0 radical (unpaired) electrons. The summed E-state index contributed by atoms with van der Waals surface area (Å²) in [6, 6.07) is 23.0. The van der Waals surface area contributed by atoms with Gasteiger partial charge in [-0.2, -0.15) is 0 Å². The smallest absolute Gasteiger partial charge is 0.280 e. The van der Waals surface area contributed by atoms with Gasteiger partial charge in [0.05, 0.1) is 5.52 Å². The molecule has 4 rings (SSSR count). The summed E-state index contributed by atoms with van der Waals surface area (Å²) in [6.45, 7) is 0.514. The number of ether oxygens (including phenoxy) is 1. The first-order chi connectivity index (χ1) is 12.3. The van der Waals surface area contributed by atoms with Gasteiger partial charge in [0.1, 0.15) is 18.1 Å². The Kier molecular flexibility index (Phi) is 4.01. The average Bonchev–Trinajstić information content (AvgIpc) is 3.10. The summed E-state index contributed by atoms with van der Waals surface area (Å²) in [5, 5.41) is 0.954. The van der Waals surface area contributed by atoms with Gasteiger partial charge in [-0.05, 0) is 42.0 Å². The number of carbonyl (C=O) groups is 1. The molecule has 0 spiro atoms. The molecule has 0 aliphatic heterocycles. The summed E-state index contributed by atoms with van der Waals surface area (Å²) in [7, 11) is 0. The highest BCUT2D eigenvalue weighted by Gasteiger charge is 2.12. The highest BCUT2D eigenvalue weighted by atomic mass is 16.5. The fraction of sp³-hybridized carbons (Fsp3) is 0.0476. The van der Waals surface area contributed by atoms with Gasteiger partial charge in [-0.1, -0.05) is 36.4 Å². The van der Waals surface area contributed by atoms with E-state index in [2.05, 4.69) is 4.98 Å². The molecule has 2 aromatic heterocycles. The molecule has 25 heavy (non-hydrogen) atoms. The van der Waals surface area contributed by atoms with Crippen LogP contribution in [-0.4, -0.2) is 15.5 Å². The van der Waals surface area contributed by atoms with Crippen molar-refractivity contribution in [3.05, 3.63) is 96.4 Å². The molecular formula is C21H16N2O2. The van der Waals surface area contributed by atoms with Crippen LogP contribution in [0, 0.1) is 0 Å². The molecule has 122 valence electrons. The number of hydrogen-bond acceptors (Lipinski definition) is 3. The molecular weight excluding hydrogens is 312 g/mol. The molecule has 4 aromatic rings. The van der Waals surface area contributed by atoms with Crippen LogP contribution < -0.4 is 4.74 Å². The molecule has 0 fully saturated rings. The van der Waals surface area contributed by atoms with Gasteiger partial charge >= 0.3 is 0 Å². The van der Waals surface area contributed by atoms with Crippen molar-refractivity contribution in [2.75, 3.05) is 0 Å². The second-order valence-electron chi connectivity index (χ2n) is 5.70. The Labute approximate surface area is 145 Å². The Morgan fingerprint density at radius 2 is 1.80 bits per heavy atom. The monoisotopic (exact) mass is 328 g/mol. The van der Waals surface area contributed by atoms with Gasteiger partial charge in [0.15, 0.2) is 0 Å². The predicted octanol–water partition coefficient (Wildman–Crippen LogP) is 4.30. The van der Waals surface area contributed by atoms with E-state index >= 15 is 0 Å². The molecule has 0 aliphatic rings. The maximum Gasteiger partial charge on any atom is 0.280 e. The van der Waals surface area contributed by atoms with Crippen molar-refractivity contribution >= 4 is 16.8 Å². The number of fused-ring (bicyclic) bond motifs is 1. The third-order valence-electron chi connectivity index (χ3n) is 4.01. The zero-order valence-corrected chi connectivity index (χ0v) is 13.5.